The zero-order valence-corrected chi connectivity index (χ0v) is 25.7. The van der Waals surface area contributed by atoms with E-state index in [1.54, 1.807) is 4.90 Å². The average Bonchev–Trinajstić information content (AvgIpc) is 3.19. The summed E-state index contributed by atoms with van der Waals surface area (Å²) in [5, 5.41) is 10.5. The number of cyclic esters (lactones) is 1. The van der Waals surface area contributed by atoms with Crippen molar-refractivity contribution in [1.82, 2.24) is 9.80 Å². The molecule has 0 saturated carbocycles. The number of carbonyl (C=O) groups is 3. The number of esters is 1. The van der Waals surface area contributed by atoms with E-state index in [1.165, 1.54) is 0 Å². The first-order chi connectivity index (χ1) is 18.7. The Morgan fingerprint density at radius 2 is 1.73 bits per heavy atom. The minimum Gasteiger partial charge on any atom is -0.465 e. The van der Waals surface area contributed by atoms with Gasteiger partial charge in [0.25, 0.3) is 0 Å². The first-order valence-corrected chi connectivity index (χ1v) is 15.1. The van der Waals surface area contributed by atoms with Crippen molar-refractivity contribution in [3.05, 3.63) is 24.3 Å². The van der Waals surface area contributed by atoms with Crippen molar-refractivity contribution in [1.29, 1.82) is 0 Å². The number of fused-ring (bicyclic) bond motifs is 2. The molecule has 4 heterocycles. The van der Waals surface area contributed by atoms with Crippen LogP contribution in [0.15, 0.2) is 24.3 Å². The predicted octanol–water partition coefficient (Wildman–Crippen LogP) is 4.26. The monoisotopic (exact) mass is 558 g/mol. The number of allylic oxidation sites excluding steroid dienone is 1. The number of aliphatic hydroxyl groups excluding tert-OH is 1. The lowest BCUT2D eigenvalue weighted by molar-refractivity contribution is -0.165. The molecule has 2 fully saturated rings. The van der Waals surface area contributed by atoms with Gasteiger partial charge in [0.05, 0.1) is 25.2 Å². The number of ether oxygens (including phenoxy) is 2. The third-order valence-electron chi connectivity index (χ3n) is 9.33. The molecule has 224 valence electrons. The van der Waals surface area contributed by atoms with Gasteiger partial charge < -0.3 is 24.4 Å². The Bertz CT molecular complexity index is 1060. The van der Waals surface area contributed by atoms with Gasteiger partial charge in [-0.1, -0.05) is 65.8 Å². The van der Waals surface area contributed by atoms with E-state index >= 15 is 0 Å². The zero-order valence-electron chi connectivity index (χ0n) is 25.7. The molecule has 1 unspecified atom stereocenters. The van der Waals surface area contributed by atoms with E-state index in [1.807, 2.05) is 43.9 Å². The second kappa shape index (κ2) is 10.9. The van der Waals surface area contributed by atoms with E-state index in [-0.39, 0.29) is 29.8 Å². The highest BCUT2D eigenvalue weighted by atomic mass is 16.6. The highest BCUT2D eigenvalue weighted by Gasteiger charge is 2.76. The Balaban J connectivity index is 1.93. The van der Waals surface area contributed by atoms with E-state index in [2.05, 4.69) is 40.7 Å². The van der Waals surface area contributed by atoms with Gasteiger partial charge in [0.2, 0.25) is 11.8 Å². The summed E-state index contributed by atoms with van der Waals surface area (Å²) in [7, 11) is 0. The van der Waals surface area contributed by atoms with Gasteiger partial charge in [0.1, 0.15) is 23.2 Å². The summed E-state index contributed by atoms with van der Waals surface area (Å²) in [4.78, 5) is 46.6. The largest absolute Gasteiger partial charge is 0.465 e. The summed E-state index contributed by atoms with van der Waals surface area (Å²) < 4.78 is 12.8. The molecule has 0 radical (unpaired) electrons. The van der Waals surface area contributed by atoms with Gasteiger partial charge >= 0.3 is 5.97 Å². The molecule has 4 rings (SSSR count). The van der Waals surface area contributed by atoms with Gasteiger partial charge in [-0.05, 0) is 57.3 Å². The normalized spacial score (nSPS) is 34.8. The van der Waals surface area contributed by atoms with E-state index in [0.29, 0.717) is 19.6 Å². The minimum absolute atomic E-state index is 0.0378. The minimum atomic E-state index is -1.36. The third kappa shape index (κ3) is 5.04. The van der Waals surface area contributed by atoms with Crippen LogP contribution < -0.4 is 0 Å². The standard InChI is InChI=1S/C32H50N2O6/c1-9-31-15-12-10-11-13-18-39-28(38)24(31)23-26(36)34(22(19-35)21(2)3)25-27(37)33(17-14-16-32(23,25)40-31)30(7,8)20-29(4,5)6/h12,14-16,21-25,35H,9-11,13,17-20H2,1-8H3/b15-12-/t22-,23-,24-,25?,31+,32-/m0/s1. The predicted molar refractivity (Wildman–Crippen MR) is 153 cm³/mol. The molecule has 0 aliphatic carbocycles. The van der Waals surface area contributed by atoms with Crippen LogP contribution in [0.25, 0.3) is 0 Å². The lowest BCUT2D eigenvalue weighted by Crippen LogP contribution is -2.62. The molecule has 8 heteroatoms. The molecule has 1 N–H and O–H groups in total. The Morgan fingerprint density at radius 1 is 1.02 bits per heavy atom. The van der Waals surface area contributed by atoms with Crippen LogP contribution >= 0.6 is 0 Å². The number of rotatable bonds is 6. The van der Waals surface area contributed by atoms with Crippen LogP contribution in [0, 0.1) is 23.2 Å². The van der Waals surface area contributed by atoms with E-state index in [4.69, 9.17) is 9.47 Å². The molecular formula is C32H50N2O6. The molecule has 4 aliphatic heterocycles. The number of amides is 2. The number of nitrogens with zero attached hydrogens (tertiary/aromatic N) is 2. The van der Waals surface area contributed by atoms with Crippen LogP contribution in [0.5, 0.6) is 0 Å². The zero-order chi connectivity index (χ0) is 29.7. The molecular weight excluding hydrogens is 508 g/mol. The van der Waals surface area contributed by atoms with Gasteiger partial charge in [0, 0.05) is 12.1 Å². The number of likely N-dealkylation sites (tertiary alicyclic amines) is 1. The Hall–Kier alpha value is -2.19. The maximum atomic E-state index is 14.8. The van der Waals surface area contributed by atoms with Crippen molar-refractivity contribution in [2.75, 3.05) is 19.8 Å². The van der Waals surface area contributed by atoms with Crippen molar-refractivity contribution in [3.8, 4) is 0 Å². The van der Waals surface area contributed by atoms with Gasteiger partial charge in [-0.25, -0.2) is 0 Å². The smallest absolute Gasteiger partial charge is 0.313 e. The summed E-state index contributed by atoms with van der Waals surface area (Å²) in [6, 6.07) is -1.61. The topological polar surface area (TPSA) is 96.4 Å². The summed E-state index contributed by atoms with van der Waals surface area (Å²) in [6.07, 6.45) is 11.5. The van der Waals surface area contributed by atoms with Crippen LogP contribution in [-0.4, -0.2) is 81.3 Å². The first kappa shape index (κ1) is 30.8. The van der Waals surface area contributed by atoms with Crippen molar-refractivity contribution < 1.29 is 29.0 Å². The van der Waals surface area contributed by atoms with Gasteiger partial charge in [0.15, 0.2) is 0 Å². The second-order valence-electron chi connectivity index (χ2n) is 14.3. The number of hydrogen-bond donors (Lipinski definition) is 1. The maximum absolute atomic E-state index is 14.8. The molecule has 0 bridgehead atoms. The molecule has 40 heavy (non-hydrogen) atoms. The Morgan fingerprint density at radius 3 is 2.33 bits per heavy atom. The fourth-order valence-corrected chi connectivity index (χ4v) is 7.89. The SMILES string of the molecule is CC[C@@]12/C=C\CCCCOC(=O)[C@@H]1[C@H]1C(=O)N([C@@H](CO)C(C)C)C3C(=O)N(C(C)(C)CC(C)(C)C)CC=C[C@@]31O2. The molecule has 8 nitrogen and oxygen atoms in total. The Labute approximate surface area is 240 Å². The van der Waals surface area contributed by atoms with Gasteiger partial charge in [-0.15, -0.1) is 0 Å². The van der Waals surface area contributed by atoms with Gasteiger partial charge in [-0.3, -0.25) is 14.4 Å². The van der Waals surface area contributed by atoms with Crippen LogP contribution in [0.2, 0.25) is 0 Å². The fourth-order valence-electron chi connectivity index (χ4n) is 7.89. The summed E-state index contributed by atoms with van der Waals surface area (Å²) in [5.41, 5.74) is -2.99. The third-order valence-corrected chi connectivity index (χ3v) is 9.33. The molecule has 0 aromatic carbocycles. The summed E-state index contributed by atoms with van der Waals surface area (Å²) in [6.45, 7) is 16.8. The highest BCUT2D eigenvalue weighted by Crippen LogP contribution is 2.59. The van der Waals surface area contributed by atoms with Crippen molar-refractivity contribution >= 4 is 17.8 Å². The van der Waals surface area contributed by atoms with Crippen LogP contribution in [0.1, 0.15) is 87.5 Å². The first-order valence-electron chi connectivity index (χ1n) is 15.1. The van der Waals surface area contributed by atoms with Gasteiger partial charge in [-0.2, -0.15) is 0 Å². The summed E-state index contributed by atoms with van der Waals surface area (Å²) >= 11 is 0. The molecule has 4 aliphatic rings. The average molecular weight is 559 g/mol. The van der Waals surface area contributed by atoms with Crippen LogP contribution in [0.3, 0.4) is 0 Å². The van der Waals surface area contributed by atoms with E-state index in [9.17, 15) is 19.5 Å². The van der Waals surface area contributed by atoms with Crippen molar-refractivity contribution in [3.63, 3.8) is 0 Å². The van der Waals surface area contributed by atoms with E-state index in [0.717, 1.165) is 25.7 Å². The van der Waals surface area contributed by atoms with Crippen LogP contribution in [-0.2, 0) is 23.9 Å². The highest BCUT2D eigenvalue weighted by molar-refractivity contribution is 5.99. The fraction of sp³-hybridized carbons (Fsp3) is 0.781. The van der Waals surface area contributed by atoms with E-state index < -0.39 is 46.6 Å². The number of aliphatic hydroxyl groups is 1. The maximum Gasteiger partial charge on any atom is 0.313 e. The number of carbonyl (C=O) groups excluding carboxylic acids is 3. The second-order valence-corrected chi connectivity index (χ2v) is 14.3. The lowest BCUT2D eigenvalue weighted by atomic mass is 9.73. The summed E-state index contributed by atoms with van der Waals surface area (Å²) in [5.74, 6) is -2.94. The number of hydrogen-bond acceptors (Lipinski definition) is 6. The lowest BCUT2D eigenvalue weighted by Gasteiger charge is -2.46. The quantitative estimate of drug-likeness (QED) is 0.387. The molecule has 2 amide bonds. The van der Waals surface area contributed by atoms with Crippen LogP contribution in [0.4, 0.5) is 0 Å². The van der Waals surface area contributed by atoms with Crippen molar-refractivity contribution in [2.45, 2.75) is 116 Å². The molecule has 0 aromatic rings. The molecule has 2 saturated heterocycles. The molecule has 0 aromatic heterocycles. The Kier molecular flexibility index (Phi) is 8.38. The van der Waals surface area contributed by atoms with Crippen molar-refractivity contribution in [2.24, 2.45) is 23.2 Å². The molecule has 1 spiro atoms. The molecule has 6 atom stereocenters.